The van der Waals surface area contributed by atoms with Gasteiger partial charge in [-0.15, -0.1) is 0 Å². The van der Waals surface area contributed by atoms with Crippen molar-refractivity contribution in [1.82, 2.24) is 0 Å². The van der Waals surface area contributed by atoms with Crippen LogP contribution in [0.5, 0.6) is 5.75 Å². The molecule has 0 heterocycles. The molecule has 0 aliphatic rings. The van der Waals surface area contributed by atoms with Crippen LogP contribution in [0.1, 0.15) is 32.6 Å². The lowest BCUT2D eigenvalue weighted by molar-refractivity contribution is 0.0102. The highest BCUT2D eigenvalue weighted by molar-refractivity contribution is 5.20. The summed E-state index contributed by atoms with van der Waals surface area (Å²) >= 11 is 0. The molecular formula is C13H18F2O. The number of ether oxygens (including phenoxy) is 1. The van der Waals surface area contributed by atoms with E-state index in [2.05, 4.69) is 0 Å². The van der Waals surface area contributed by atoms with Gasteiger partial charge in [0.2, 0.25) is 5.92 Å². The molecule has 0 amide bonds. The van der Waals surface area contributed by atoms with E-state index in [-0.39, 0.29) is 6.42 Å². The first kappa shape index (κ1) is 12.9. The smallest absolute Gasteiger partial charge is 0.245 e. The molecule has 16 heavy (non-hydrogen) atoms. The third kappa shape index (κ3) is 6.38. The number of halogens is 2. The Kier molecular flexibility index (Phi) is 5.23. The lowest BCUT2D eigenvalue weighted by Crippen LogP contribution is -2.08. The van der Waals surface area contributed by atoms with Crippen LogP contribution in [0, 0.1) is 0 Å². The van der Waals surface area contributed by atoms with Gasteiger partial charge in [0.15, 0.2) is 0 Å². The molecule has 0 aromatic heterocycles. The van der Waals surface area contributed by atoms with Crippen molar-refractivity contribution in [3.05, 3.63) is 30.3 Å². The SMILES string of the molecule is CC(F)(F)CCCCCOc1ccccc1. The van der Waals surface area contributed by atoms with E-state index in [1.807, 2.05) is 30.3 Å². The maximum absolute atomic E-state index is 12.5. The minimum Gasteiger partial charge on any atom is -0.494 e. The van der Waals surface area contributed by atoms with Crippen LogP contribution in [0.25, 0.3) is 0 Å². The van der Waals surface area contributed by atoms with Crippen molar-refractivity contribution in [2.75, 3.05) is 6.61 Å². The second kappa shape index (κ2) is 6.46. The quantitative estimate of drug-likeness (QED) is 0.633. The van der Waals surface area contributed by atoms with Gasteiger partial charge in [-0.2, -0.15) is 0 Å². The van der Waals surface area contributed by atoms with E-state index < -0.39 is 5.92 Å². The van der Waals surface area contributed by atoms with E-state index in [9.17, 15) is 8.78 Å². The van der Waals surface area contributed by atoms with Crippen LogP contribution in [-0.2, 0) is 0 Å². The average molecular weight is 228 g/mol. The highest BCUT2D eigenvalue weighted by atomic mass is 19.3. The highest BCUT2D eigenvalue weighted by Crippen LogP contribution is 2.20. The number of alkyl halides is 2. The Morgan fingerprint density at radius 3 is 2.38 bits per heavy atom. The van der Waals surface area contributed by atoms with Crippen molar-refractivity contribution in [2.24, 2.45) is 0 Å². The number of para-hydroxylation sites is 1. The Bertz CT molecular complexity index is 280. The van der Waals surface area contributed by atoms with Gasteiger partial charge in [0, 0.05) is 6.42 Å². The van der Waals surface area contributed by atoms with Gasteiger partial charge in [-0.3, -0.25) is 0 Å². The highest BCUT2D eigenvalue weighted by Gasteiger charge is 2.19. The molecule has 0 aliphatic carbocycles. The lowest BCUT2D eigenvalue weighted by Gasteiger charge is -2.09. The normalized spacial score (nSPS) is 11.4. The zero-order chi connectivity index (χ0) is 11.9. The van der Waals surface area contributed by atoms with Crippen molar-refractivity contribution >= 4 is 0 Å². The monoisotopic (exact) mass is 228 g/mol. The molecule has 3 heteroatoms. The fourth-order valence-electron chi connectivity index (χ4n) is 1.42. The summed E-state index contributed by atoms with van der Waals surface area (Å²) in [5.41, 5.74) is 0. The van der Waals surface area contributed by atoms with Gasteiger partial charge in [-0.05, 0) is 38.3 Å². The van der Waals surface area contributed by atoms with Gasteiger partial charge >= 0.3 is 0 Å². The number of hydrogen-bond acceptors (Lipinski definition) is 1. The number of unbranched alkanes of at least 4 members (excludes halogenated alkanes) is 2. The molecule has 1 rings (SSSR count). The van der Waals surface area contributed by atoms with Crippen LogP contribution < -0.4 is 4.74 Å². The topological polar surface area (TPSA) is 9.23 Å². The van der Waals surface area contributed by atoms with E-state index >= 15 is 0 Å². The molecule has 1 nitrogen and oxygen atoms in total. The predicted octanol–water partition coefficient (Wildman–Crippen LogP) is 4.28. The summed E-state index contributed by atoms with van der Waals surface area (Å²) in [6, 6.07) is 9.52. The molecule has 0 bridgehead atoms. The molecule has 0 unspecified atom stereocenters. The second-order valence-electron chi connectivity index (χ2n) is 4.04. The van der Waals surface area contributed by atoms with Crippen molar-refractivity contribution in [3.63, 3.8) is 0 Å². The first-order chi connectivity index (χ1) is 7.58. The second-order valence-corrected chi connectivity index (χ2v) is 4.04. The molecule has 0 radical (unpaired) electrons. The predicted molar refractivity (Wildman–Crippen MR) is 61.0 cm³/mol. The van der Waals surface area contributed by atoms with E-state index in [1.165, 1.54) is 0 Å². The Morgan fingerprint density at radius 1 is 1.06 bits per heavy atom. The Morgan fingerprint density at radius 2 is 1.75 bits per heavy atom. The molecule has 90 valence electrons. The minimum absolute atomic E-state index is 0.0294. The number of benzene rings is 1. The van der Waals surface area contributed by atoms with Crippen molar-refractivity contribution in [2.45, 2.75) is 38.5 Å². The third-order valence-electron chi connectivity index (χ3n) is 2.27. The Labute approximate surface area is 95.4 Å². The van der Waals surface area contributed by atoms with Gasteiger partial charge in [-0.1, -0.05) is 18.2 Å². The van der Waals surface area contributed by atoms with Crippen LogP contribution >= 0.6 is 0 Å². The van der Waals surface area contributed by atoms with Gasteiger partial charge < -0.3 is 4.74 Å². The fourth-order valence-corrected chi connectivity index (χ4v) is 1.42. The van der Waals surface area contributed by atoms with Gasteiger partial charge in [0.05, 0.1) is 6.61 Å². The zero-order valence-corrected chi connectivity index (χ0v) is 9.59. The van der Waals surface area contributed by atoms with Crippen LogP contribution in [0.15, 0.2) is 30.3 Å². The van der Waals surface area contributed by atoms with Gasteiger partial charge in [0.25, 0.3) is 0 Å². The van der Waals surface area contributed by atoms with Crippen molar-refractivity contribution in [3.8, 4) is 5.75 Å². The van der Waals surface area contributed by atoms with Crippen molar-refractivity contribution < 1.29 is 13.5 Å². The summed E-state index contributed by atoms with van der Waals surface area (Å²) in [4.78, 5) is 0. The molecule has 1 aromatic carbocycles. The molecule has 0 saturated carbocycles. The molecule has 0 aliphatic heterocycles. The molecule has 0 N–H and O–H groups in total. The van der Waals surface area contributed by atoms with E-state index in [0.717, 1.165) is 25.5 Å². The molecular weight excluding hydrogens is 210 g/mol. The minimum atomic E-state index is -2.53. The van der Waals surface area contributed by atoms with Crippen LogP contribution in [0.4, 0.5) is 8.78 Å². The summed E-state index contributed by atoms with van der Waals surface area (Å²) in [5.74, 6) is -1.69. The van der Waals surface area contributed by atoms with Crippen molar-refractivity contribution in [1.29, 1.82) is 0 Å². The third-order valence-corrected chi connectivity index (χ3v) is 2.27. The van der Waals surface area contributed by atoms with E-state index in [0.29, 0.717) is 13.0 Å². The first-order valence-electron chi connectivity index (χ1n) is 5.64. The largest absolute Gasteiger partial charge is 0.494 e. The van der Waals surface area contributed by atoms with Crippen LogP contribution in [-0.4, -0.2) is 12.5 Å². The zero-order valence-electron chi connectivity index (χ0n) is 9.59. The standard InChI is InChI=1S/C13H18F2O/c1-13(14,15)10-6-3-7-11-16-12-8-4-2-5-9-12/h2,4-5,8-9H,3,6-7,10-11H2,1H3. The van der Waals surface area contributed by atoms with Gasteiger partial charge in [0.1, 0.15) is 5.75 Å². The summed E-state index contributed by atoms with van der Waals surface area (Å²) < 4.78 is 30.4. The van der Waals surface area contributed by atoms with E-state index in [4.69, 9.17) is 4.74 Å². The lowest BCUT2D eigenvalue weighted by atomic mass is 10.1. The number of hydrogen-bond donors (Lipinski definition) is 0. The average Bonchev–Trinajstić information content (AvgIpc) is 2.23. The molecule has 0 atom stereocenters. The maximum Gasteiger partial charge on any atom is 0.245 e. The van der Waals surface area contributed by atoms with E-state index in [1.54, 1.807) is 0 Å². The maximum atomic E-state index is 12.5. The summed E-state index contributed by atoms with van der Waals surface area (Å²) in [6.07, 6.45) is 2.14. The number of rotatable bonds is 7. The summed E-state index contributed by atoms with van der Waals surface area (Å²) in [7, 11) is 0. The molecule has 0 saturated heterocycles. The first-order valence-corrected chi connectivity index (χ1v) is 5.64. The Balaban J connectivity index is 2.01. The summed E-state index contributed by atoms with van der Waals surface area (Å²) in [6.45, 7) is 1.56. The molecule has 0 spiro atoms. The molecule has 0 fully saturated rings. The van der Waals surface area contributed by atoms with Gasteiger partial charge in [-0.25, -0.2) is 8.78 Å². The Hall–Kier alpha value is -1.12. The molecule has 1 aromatic rings. The fraction of sp³-hybridized carbons (Fsp3) is 0.538. The summed E-state index contributed by atoms with van der Waals surface area (Å²) in [5, 5.41) is 0. The van der Waals surface area contributed by atoms with Crippen LogP contribution in [0.2, 0.25) is 0 Å². The van der Waals surface area contributed by atoms with Crippen LogP contribution in [0.3, 0.4) is 0 Å².